The first-order valence-electron chi connectivity index (χ1n) is 10.1. The lowest BCUT2D eigenvalue weighted by Crippen LogP contribution is -2.47. The second-order valence-electron chi connectivity index (χ2n) is 8.12. The monoisotopic (exact) mass is 402 g/mol. The van der Waals surface area contributed by atoms with Crippen molar-refractivity contribution in [1.29, 1.82) is 0 Å². The van der Waals surface area contributed by atoms with Gasteiger partial charge in [-0.05, 0) is 68.1 Å². The van der Waals surface area contributed by atoms with E-state index in [4.69, 9.17) is 4.74 Å². The van der Waals surface area contributed by atoms with Crippen LogP contribution in [0.4, 0.5) is 4.39 Å². The number of hydrogen-bond donors (Lipinski definition) is 0. The molecular weight excluding hydrogens is 375 g/mol. The highest BCUT2D eigenvalue weighted by molar-refractivity contribution is 5.78. The lowest BCUT2D eigenvalue weighted by Gasteiger charge is -2.35. The molecule has 1 amide bonds. The molecule has 2 heterocycles. The molecule has 0 bridgehead atoms. The zero-order valence-electron chi connectivity index (χ0n) is 16.9. The fourth-order valence-corrected chi connectivity index (χ4v) is 4.42. The van der Waals surface area contributed by atoms with Gasteiger partial charge in [-0.2, -0.15) is 0 Å². The number of aromatic nitrogens is 4. The summed E-state index contributed by atoms with van der Waals surface area (Å²) >= 11 is 0. The van der Waals surface area contributed by atoms with Gasteiger partial charge in [0.15, 0.2) is 12.4 Å². The third-order valence-electron chi connectivity index (χ3n) is 6.21. The summed E-state index contributed by atoms with van der Waals surface area (Å²) in [6.45, 7) is 1.04. The van der Waals surface area contributed by atoms with Crippen LogP contribution in [0.25, 0.3) is 0 Å². The number of tetrazole rings is 1. The fourth-order valence-electron chi connectivity index (χ4n) is 4.42. The molecule has 1 aliphatic carbocycles. The Kier molecular flexibility index (Phi) is 5.49. The molecule has 29 heavy (non-hydrogen) atoms. The van der Waals surface area contributed by atoms with Crippen LogP contribution in [0.3, 0.4) is 0 Å². The van der Waals surface area contributed by atoms with E-state index in [1.807, 2.05) is 18.8 Å². The summed E-state index contributed by atoms with van der Waals surface area (Å²) in [6.07, 6.45) is 5.34. The number of halogens is 1. The second kappa shape index (κ2) is 8.06. The topological polar surface area (TPSA) is 76.4 Å². The van der Waals surface area contributed by atoms with Crippen LogP contribution in [-0.2, 0) is 10.3 Å². The maximum Gasteiger partial charge on any atom is 0.260 e. The summed E-state index contributed by atoms with van der Waals surface area (Å²) in [4.78, 5) is 16.7. The average molecular weight is 402 g/mol. The molecule has 1 saturated carbocycles. The van der Waals surface area contributed by atoms with Crippen LogP contribution >= 0.6 is 0 Å². The Labute approximate surface area is 169 Å². The second-order valence-corrected chi connectivity index (χ2v) is 8.12. The van der Waals surface area contributed by atoms with Crippen molar-refractivity contribution in [2.75, 3.05) is 33.8 Å². The number of benzene rings is 1. The van der Waals surface area contributed by atoms with E-state index in [1.165, 1.54) is 37.1 Å². The minimum Gasteiger partial charge on any atom is -0.484 e. The molecule has 9 heteroatoms. The third-order valence-corrected chi connectivity index (χ3v) is 6.21. The van der Waals surface area contributed by atoms with Gasteiger partial charge in [0, 0.05) is 13.1 Å². The number of rotatable bonds is 6. The SMILES string of the molecule is CN(C)C1(c2nnnn2C2CCCC2)CCN(C(=O)COc2ccc(F)cc2)C1. The molecule has 1 saturated heterocycles. The van der Waals surface area contributed by atoms with Crippen LogP contribution in [0.15, 0.2) is 24.3 Å². The van der Waals surface area contributed by atoms with Crippen molar-refractivity contribution in [1.82, 2.24) is 30.0 Å². The number of nitrogens with zero attached hydrogens (tertiary/aromatic N) is 6. The molecule has 0 radical (unpaired) electrons. The van der Waals surface area contributed by atoms with Crippen molar-refractivity contribution in [2.24, 2.45) is 0 Å². The van der Waals surface area contributed by atoms with Gasteiger partial charge in [-0.3, -0.25) is 9.69 Å². The molecule has 2 fully saturated rings. The van der Waals surface area contributed by atoms with Crippen molar-refractivity contribution >= 4 is 5.91 Å². The van der Waals surface area contributed by atoms with Gasteiger partial charge in [-0.25, -0.2) is 9.07 Å². The molecule has 1 aliphatic heterocycles. The highest BCUT2D eigenvalue weighted by Crippen LogP contribution is 2.38. The predicted molar refractivity (Wildman–Crippen MR) is 104 cm³/mol. The lowest BCUT2D eigenvalue weighted by molar-refractivity contribution is -0.132. The van der Waals surface area contributed by atoms with E-state index >= 15 is 0 Å². The van der Waals surface area contributed by atoms with Gasteiger partial charge < -0.3 is 9.64 Å². The van der Waals surface area contributed by atoms with Gasteiger partial charge in [-0.1, -0.05) is 12.8 Å². The standard InChI is InChI=1S/C20H27FN6O2/c1-25(2)20(19-22-23-24-27(19)16-5-3-4-6-16)11-12-26(14-20)18(28)13-29-17-9-7-15(21)8-10-17/h7-10,16H,3-6,11-14H2,1-2H3. The summed E-state index contributed by atoms with van der Waals surface area (Å²) in [5, 5.41) is 12.6. The number of ether oxygens (including phenoxy) is 1. The van der Waals surface area contributed by atoms with E-state index in [1.54, 1.807) is 4.90 Å². The minimum absolute atomic E-state index is 0.0806. The minimum atomic E-state index is -0.419. The van der Waals surface area contributed by atoms with Crippen molar-refractivity contribution in [2.45, 2.75) is 43.7 Å². The fraction of sp³-hybridized carbons (Fsp3) is 0.600. The van der Waals surface area contributed by atoms with Gasteiger partial charge in [0.1, 0.15) is 17.1 Å². The first-order valence-corrected chi connectivity index (χ1v) is 10.1. The summed E-state index contributed by atoms with van der Waals surface area (Å²) in [5.74, 6) is 0.879. The van der Waals surface area contributed by atoms with Crippen molar-refractivity contribution < 1.29 is 13.9 Å². The summed E-state index contributed by atoms with van der Waals surface area (Å²) in [5.41, 5.74) is -0.419. The number of amides is 1. The van der Waals surface area contributed by atoms with Crippen molar-refractivity contribution in [3.63, 3.8) is 0 Å². The van der Waals surface area contributed by atoms with Gasteiger partial charge in [-0.15, -0.1) is 5.10 Å². The Morgan fingerprint density at radius 2 is 2.00 bits per heavy atom. The van der Waals surface area contributed by atoms with Gasteiger partial charge in [0.25, 0.3) is 5.91 Å². The van der Waals surface area contributed by atoms with Crippen molar-refractivity contribution in [3.8, 4) is 5.75 Å². The van der Waals surface area contributed by atoms with Gasteiger partial charge >= 0.3 is 0 Å². The van der Waals surface area contributed by atoms with E-state index < -0.39 is 5.54 Å². The molecule has 2 aliphatic rings. The first-order chi connectivity index (χ1) is 14.0. The smallest absolute Gasteiger partial charge is 0.260 e. The number of carbonyl (C=O) groups is 1. The lowest BCUT2D eigenvalue weighted by atomic mass is 9.95. The molecular formula is C20H27FN6O2. The zero-order valence-corrected chi connectivity index (χ0v) is 16.9. The Bertz CT molecular complexity index is 849. The highest BCUT2D eigenvalue weighted by atomic mass is 19.1. The van der Waals surface area contributed by atoms with E-state index in [0.717, 1.165) is 25.1 Å². The number of likely N-dealkylation sites (tertiary alicyclic amines) is 1. The molecule has 1 unspecified atom stereocenters. The van der Waals surface area contributed by atoms with Crippen LogP contribution in [0, 0.1) is 5.82 Å². The molecule has 1 aromatic carbocycles. The van der Waals surface area contributed by atoms with E-state index in [-0.39, 0.29) is 18.3 Å². The van der Waals surface area contributed by atoms with Crippen LogP contribution < -0.4 is 4.74 Å². The van der Waals surface area contributed by atoms with Crippen LogP contribution in [0.2, 0.25) is 0 Å². The number of likely N-dealkylation sites (N-methyl/N-ethyl adjacent to an activating group) is 1. The predicted octanol–water partition coefficient (Wildman–Crippen LogP) is 2.00. The Morgan fingerprint density at radius 1 is 1.28 bits per heavy atom. The normalized spacial score (nSPS) is 22.6. The summed E-state index contributed by atoms with van der Waals surface area (Å²) < 4.78 is 20.5. The molecule has 0 N–H and O–H groups in total. The molecule has 8 nitrogen and oxygen atoms in total. The van der Waals surface area contributed by atoms with Crippen molar-refractivity contribution in [3.05, 3.63) is 35.9 Å². The molecule has 2 aromatic rings. The number of hydrogen-bond acceptors (Lipinski definition) is 6. The maximum atomic E-state index is 13.0. The Hall–Kier alpha value is -2.55. The Balaban J connectivity index is 1.47. The maximum absolute atomic E-state index is 13.0. The first kappa shape index (κ1) is 19.8. The van der Waals surface area contributed by atoms with Crippen LogP contribution in [0.1, 0.15) is 44.0 Å². The van der Waals surface area contributed by atoms with E-state index in [0.29, 0.717) is 24.9 Å². The summed E-state index contributed by atoms with van der Waals surface area (Å²) in [7, 11) is 4.02. The quantitative estimate of drug-likeness (QED) is 0.736. The van der Waals surface area contributed by atoms with Crippen LogP contribution in [0.5, 0.6) is 5.75 Å². The van der Waals surface area contributed by atoms with Gasteiger partial charge in [0.2, 0.25) is 0 Å². The molecule has 4 rings (SSSR count). The molecule has 1 atom stereocenters. The van der Waals surface area contributed by atoms with E-state index in [9.17, 15) is 9.18 Å². The molecule has 156 valence electrons. The average Bonchev–Trinajstić information content (AvgIpc) is 3.47. The number of carbonyl (C=O) groups excluding carboxylic acids is 1. The zero-order chi connectivity index (χ0) is 20.4. The largest absolute Gasteiger partial charge is 0.484 e. The van der Waals surface area contributed by atoms with E-state index in [2.05, 4.69) is 20.4 Å². The Morgan fingerprint density at radius 3 is 2.69 bits per heavy atom. The van der Waals surface area contributed by atoms with Crippen LogP contribution in [-0.4, -0.2) is 69.7 Å². The summed E-state index contributed by atoms with van der Waals surface area (Å²) in [6, 6.07) is 6.01. The molecule has 1 aromatic heterocycles. The molecule has 0 spiro atoms. The van der Waals surface area contributed by atoms with Gasteiger partial charge in [0.05, 0.1) is 6.04 Å². The third kappa shape index (κ3) is 3.83. The highest BCUT2D eigenvalue weighted by Gasteiger charge is 2.48.